The van der Waals surface area contributed by atoms with E-state index in [0.29, 0.717) is 19.3 Å². The molecule has 2 rings (SSSR count). The fourth-order valence-electron chi connectivity index (χ4n) is 2.89. The Morgan fingerprint density at radius 1 is 1.25 bits per heavy atom. The molecule has 20 heavy (non-hydrogen) atoms. The molecule has 0 amide bonds. The summed E-state index contributed by atoms with van der Waals surface area (Å²) in [5.74, 6) is -2.02. The Hall–Kier alpha value is -1.01. The number of hydrogen-bond donors (Lipinski definition) is 1. The van der Waals surface area contributed by atoms with Crippen molar-refractivity contribution in [3.63, 3.8) is 0 Å². The predicted octanol–water partition coefficient (Wildman–Crippen LogP) is 2.60. The van der Waals surface area contributed by atoms with Gasteiger partial charge in [0.05, 0.1) is 16.9 Å². The smallest absolute Gasteiger partial charge is 0.150 e. The van der Waals surface area contributed by atoms with Gasteiger partial charge in [-0.05, 0) is 37.3 Å². The topological polar surface area (TPSA) is 54.4 Å². The van der Waals surface area contributed by atoms with Crippen molar-refractivity contribution in [2.75, 3.05) is 6.26 Å². The molecule has 3 unspecified atom stereocenters. The van der Waals surface area contributed by atoms with Gasteiger partial charge in [0.2, 0.25) is 0 Å². The van der Waals surface area contributed by atoms with Crippen molar-refractivity contribution >= 4 is 9.84 Å². The van der Waals surface area contributed by atoms with Gasteiger partial charge in [0.1, 0.15) is 21.5 Å². The van der Waals surface area contributed by atoms with Gasteiger partial charge in [-0.1, -0.05) is 12.5 Å². The van der Waals surface area contributed by atoms with Gasteiger partial charge in [-0.25, -0.2) is 17.2 Å². The molecule has 0 aromatic heterocycles. The molecular weight excluding hydrogens is 286 g/mol. The molecule has 6 heteroatoms. The predicted molar refractivity (Wildman–Crippen MR) is 71.9 cm³/mol. The van der Waals surface area contributed by atoms with Gasteiger partial charge in [-0.2, -0.15) is 0 Å². The standard InChI is InChI=1S/C14H18F2O3S/c1-20(18,19)10-5-2-4-9(8-10)14(17)13-11(15)6-3-7-12(13)16/h3,6-7,9-10,14,17H,2,4-5,8H2,1H3. The number of benzene rings is 1. The first-order valence-electron chi connectivity index (χ1n) is 6.61. The van der Waals surface area contributed by atoms with E-state index in [0.717, 1.165) is 18.4 Å². The Kier molecular flexibility index (Phi) is 4.44. The maximum absolute atomic E-state index is 13.7. The minimum atomic E-state index is -3.19. The zero-order valence-corrected chi connectivity index (χ0v) is 12.0. The van der Waals surface area contributed by atoms with Crippen LogP contribution in [0.1, 0.15) is 37.4 Å². The Morgan fingerprint density at radius 3 is 2.40 bits per heavy atom. The molecule has 1 aliphatic carbocycles. The molecule has 0 aliphatic heterocycles. The molecule has 0 heterocycles. The molecule has 1 aromatic carbocycles. The molecule has 1 aliphatic rings. The maximum atomic E-state index is 13.7. The van der Waals surface area contributed by atoms with Crippen LogP contribution in [0.2, 0.25) is 0 Å². The highest BCUT2D eigenvalue weighted by atomic mass is 32.2. The van der Waals surface area contributed by atoms with Gasteiger partial charge in [-0.15, -0.1) is 0 Å². The SMILES string of the molecule is CS(=O)(=O)C1CCCC(C(O)c2c(F)cccc2F)C1. The van der Waals surface area contributed by atoms with Crippen molar-refractivity contribution in [3.8, 4) is 0 Å². The van der Waals surface area contributed by atoms with Crippen molar-refractivity contribution in [3.05, 3.63) is 35.4 Å². The summed E-state index contributed by atoms with van der Waals surface area (Å²) in [6.07, 6.45) is 1.85. The van der Waals surface area contributed by atoms with Gasteiger partial charge in [0.15, 0.2) is 0 Å². The van der Waals surface area contributed by atoms with Crippen molar-refractivity contribution in [2.24, 2.45) is 5.92 Å². The molecule has 1 fully saturated rings. The van der Waals surface area contributed by atoms with E-state index in [2.05, 4.69) is 0 Å². The van der Waals surface area contributed by atoms with E-state index in [1.807, 2.05) is 0 Å². The van der Waals surface area contributed by atoms with E-state index in [1.165, 1.54) is 6.07 Å². The van der Waals surface area contributed by atoms with E-state index in [9.17, 15) is 22.3 Å². The fraction of sp³-hybridized carbons (Fsp3) is 0.571. The Labute approximate surface area is 117 Å². The minimum absolute atomic E-state index is 0.244. The number of aliphatic hydroxyl groups excluding tert-OH is 1. The van der Waals surface area contributed by atoms with Crippen LogP contribution in [0.4, 0.5) is 8.78 Å². The van der Waals surface area contributed by atoms with Crippen LogP contribution >= 0.6 is 0 Å². The molecule has 1 saturated carbocycles. The molecule has 112 valence electrons. The first-order chi connectivity index (χ1) is 9.30. The molecule has 3 atom stereocenters. The lowest BCUT2D eigenvalue weighted by Gasteiger charge is -2.31. The third kappa shape index (κ3) is 3.17. The zero-order valence-electron chi connectivity index (χ0n) is 11.2. The number of sulfone groups is 1. The van der Waals surface area contributed by atoms with Crippen LogP contribution in [0.3, 0.4) is 0 Å². The Bertz CT molecular complexity index is 566. The second-order valence-corrected chi connectivity index (χ2v) is 7.78. The van der Waals surface area contributed by atoms with Gasteiger partial charge in [0.25, 0.3) is 0 Å². The second kappa shape index (κ2) is 5.77. The zero-order chi connectivity index (χ0) is 14.9. The third-order valence-corrected chi connectivity index (χ3v) is 5.65. The van der Waals surface area contributed by atoms with E-state index < -0.39 is 38.7 Å². The molecule has 0 spiro atoms. The molecular formula is C14H18F2O3S. The Morgan fingerprint density at radius 2 is 1.85 bits per heavy atom. The average molecular weight is 304 g/mol. The Balaban J connectivity index is 2.23. The fourth-order valence-corrected chi connectivity index (χ4v) is 4.08. The number of aliphatic hydroxyl groups is 1. The van der Waals surface area contributed by atoms with Crippen LogP contribution in [0.5, 0.6) is 0 Å². The molecule has 1 aromatic rings. The monoisotopic (exact) mass is 304 g/mol. The van der Waals surface area contributed by atoms with Crippen molar-refractivity contribution in [2.45, 2.75) is 37.0 Å². The lowest BCUT2D eigenvalue weighted by molar-refractivity contribution is 0.0790. The first-order valence-corrected chi connectivity index (χ1v) is 8.57. The number of hydrogen-bond acceptors (Lipinski definition) is 3. The van der Waals surface area contributed by atoms with E-state index in [4.69, 9.17) is 0 Å². The summed E-state index contributed by atoms with van der Waals surface area (Å²) in [7, 11) is -3.19. The average Bonchev–Trinajstić information content (AvgIpc) is 2.37. The second-order valence-electron chi connectivity index (χ2n) is 5.46. The lowest BCUT2D eigenvalue weighted by Crippen LogP contribution is -2.30. The van der Waals surface area contributed by atoms with E-state index >= 15 is 0 Å². The molecule has 1 N–H and O–H groups in total. The summed E-state index contributed by atoms with van der Waals surface area (Å²) in [6, 6.07) is 3.43. The van der Waals surface area contributed by atoms with Crippen LogP contribution in [0.25, 0.3) is 0 Å². The quantitative estimate of drug-likeness (QED) is 0.934. The van der Waals surface area contributed by atoms with Crippen molar-refractivity contribution < 1.29 is 22.3 Å². The molecule has 0 radical (unpaired) electrons. The van der Waals surface area contributed by atoms with Crippen LogP contribution in [-0.4, -0.2) is 25.0 Å². The summed E-state index contributed by atoms with van der Waals surface area (Å²) in [4.78, 5) is 0. The highest BCUT2D eigenvalue weighted by Gasteiger charge is 2.34. The molecule has 0 bridgehead atoms. The summed E-state index contributed by atoms with van der Waals surface area (Å²) >= 11 is 0. The maximum Gasteiger partial charge on any atom is 0.150 e. The normalized spacial score (nSPS) is 25.4. The van der Waals surface area contributed by atoms with Gasteiger partial charge in [0, 0.05) is 6.26 Å². The van der Waals surface area contributed by atoms with Crippen LogP contribution < -0.4 is 0 Å². The summed E-state index contributed by atoms with van der Waals surface area (Å²) in [5, 5.41) is 9.68. The minimum Gasteiger partial charge on any atom is -0.388 e. The summed E-state index contributed by atoms with van der Waals surface area (Å²) < 4.78 is 50.5. The van der Waals surface area contributed by atoms with E-state index in [1.54, 1.807) is 0 Å². The third-order valence-electron chi connectivity index (χ3n) is 4.01. The molecule has 3 nitrogen and oxygen atoms in total. The van der Waals surface area contributed by atoms with Crippen molar-refractivity contribution in [1.29, 1.82) is 0 Å². The van der Waals surface area contributed by atoms with Crippen LogP contribution in [0, 0.1) is 17.6 Å². The van der Waals surface area contributed by atoms with Gasteiger partial charge < -0.3 is 5.11 Å². The summed E-state index contributed by atoms with van der Waals surface area (Å²) in [5.41, 5.74) is -0.355. The van der Waals surface area contributed by atoms with Gasteiger partial charge in [-0.3, -0.25) is 0 Å². The summed E-state index contributed by atoms with van der Waals surface area (Å²) in [6.45, 7) is 0. The number of rotatable bonds is 3. The molecule has 0 saturated heterocycles. The highest BCUT2D eigenvalue weighted by Crippen LogP contribution is 2.38. The first kappa shape index (κ1) is 15.4. The van der Waals surface area contributed by atoms with Gasteiger partial charge >= 0.3 is 0 Å². The lowest BCUT2D eigenvalue weighted by atomic mass is 9.82. The van der Waals surface area contributed by atoms with Crippen LogP contribution in [0.15, 0.2) is 18.2 Å². The van der Waals surface area contributed by atoms with Crippen LogP contribution in [-0.2, 0) is 9.84 Å². The van der Waals surface area contributed by atoms with Crippen molar-refractivity contribution in [1.82, 2.24) is 0 Å². The number of halogens is 2. The largest absolute Gasteiger partial charge is 0.388 e. The van der Waals surface area contributed by atoms with E-state index in [-0.39, 0.29) is 12.0 Å². The highest BCUT2D eigenvalue weighted by molar-refractivity contribution is 7.91.